The molecule has 130 valence electrons. The Kier molecular flexibility index (Phi) is 4.66. The van der Waals surface area contributed by atoms with Crippen LogP contribution in [0.3, 0.4) is 0 Å². The van der Waals surface area contributed by atoms with Gasteiger partial charge < -0.3 is 0 Å². The molecule has 3 aromatic carbocycles. The number of allylic oxidation sites excluding steroid dienone is 1. The fourth-order valence-corrected chi connectivity index (χ4v) is 2.68. The molecule has 0 bridgehead atoms. The van der Waals surface area contributed by atoms with Gasteiger partial charge in [-0.3, -0.25) is 10.2 Å². The first-order valence-corrected chi connectivity index (χ1v) is 8.52. The number of anilines is 1. The van der Waals surface area contributed by atoms with Crippen LogP contribution in [0.25, 0.3) is 6.08 Å². The minimum absolute atomic E-state index is 0.116. The SMILES string of the molecule is O=C1C=Cc2ccccc2/C1=N\Nc1ccc(/N=N/c2ccccc2)cc1. The number of fused-ring (bicyclic) bond motifs is 1. The molecule has 0 aliphatic heterocycles. The van der Waals surface area contributed by atoms with Gasteiger partial charge in [-0.1, -0.05) is 48.5 Å². The first-order chi connectivity index (χ1) is 13.3. The number of hydrazone groups is 1. The molecule has 1 aliphatic carbocycles. The zero-order valence-electron chi connectivity index (χ0n) is 14.4. The Bertz CT molecular complexity index is 1050. The van der Waals surface area contributed by atoms with Gasteiger partial charge in [0.2, 0.25) is 5.78 Å². The zero-order chi connectivity index (χ0) is 18.5. The first kappa shape index (κ1) is 16.6. The van der Waals surface area contributed by atoms with Crippen LogP contribution in [-0.2, 0) is 4.79 Å². The average molecular weight is 352 g/mol. The van der Waals surface area contributed by atoms with Crippen LogP contribution in [0.1, 0.15) is 11.1 Å². The number of hydrogen-bond donors (Lipinski definition) is 1. The summed E-state index contributed by atoms with van der Waals surface area (Å²) in [6.07, 6.45) is 3.35. The molecule has 0 spiro atoms. The summed E-state index contributed by atoms with van der Waals surface area (Å²) in [5, 5.41) is 12.7. The van der Waals surface area contributed by atoms with E-state index in [-0.39, 0.29) is 5.78 Å². The molecule has 0 saturated carbocycles. The second kappa shape index (κ2) is 7.58. The molecule has 0 aromatic heterocycles. The Balaban J connectivity index is 1.49. The molecule has 1 aliphatic rings. The maximum atomic E-state index is 12.2. The van der Waals surface area contributed by atoms with E-state index in [1.54, 1.807) is 0 Å². The molecule has 27 heavy (non-hydrogen) atoms. The summed E-state index contributed by atoms with van der Waals surface area (Å²) in [6.45, 7) is 0. The average Bonchev–Trinajstić information content (AvgIpc) is 2.73. The van der Waals surface area contributed by atoms with Crippen molar-refractivity contribution >= 4 is 34.6 Å². The highest BCUT2D eigenvalue weighted by Gasteiger charge is 2.18. The number of azo groups is 1. The van der Waals surface area contributed by atoms with Crippen molar-refractivity contribution in [2.75, 3.05) is 5.43 Å². The monoisotopic (exact) mass is 352 g/mol. The van der Waals surface area contributed by atoms with Crippen molar-refractivity contribution < 1.29 is 4.79 Å². The van der Waals surface area contributed by atoms with E-state index in [4.69, 9.17) is 0 Å². The molecule has 0 amide bonds. The minimum atomic E-state index is -0.116. The topological polar surface area (TPSA) is 66.2 Å². The lowest BCUT2D eigenvalue weighted by Gasteiger charge is -2.12. The van der Waals surface area contributed by atoms with Gasteiger partial charge in [-0.2, -0.15) is 15.3 Å². The van der Waals surface area contributed by atoms with E-state index in [0.717, 1.165) is 28.2 Å². The van der Waals surface area contributed by atoms with Crippen molar-refractivity contribution in [3.8, 4) is 0 Å². The maximum Gasteiger partial charge on any atom is 0.206 e. The Morgan fingerprint density at radius 1 is 0.667 bits per heavy atom. The van der Waals surface area contributed by atoms with Gasteiger partial charge in [0.05, 0.1) is 17.1 Å². The molecular weight excluding hydrogens is 336 g/mol. The number of ketones is 1. The molecule has 4 rings (SSSR count). The summed E-state index contributed by atoms with van der Waals surface area (Å²) < 4.78 is 0. The lowest BCUT2D eigenvalue weighted by molar-refractivity contribution is -0.108. The Labute approximate surface area is 156 Å². The van der Waals surface area contributed by atoms with Gasteiger partial charge in [-0.15, -0.1) is 0 Å². The van der Waals surface area contributed by atoms with Gasteiger partial charge in [-0.25, -0.2) is 0 Å². The zero-order valence-corrected chi connectivity index (χ0v) is 14.4. The maximum absolute atomic E-state index is 12.2. The molecule has 5 nitrogen and oxygen atoms in total. The number of nitrogens with one attached hydrogen (secondary N) is 1. The molecular formula is C22H16N4O. The number of benzene rings is 3. The van der Waals surface area contributed by atoms with Gasteiger partial charge >= 0.3 is 0 Å². The van der Waals surface area contributed by atoms with E-state index in [2.05, 4.69) is 20.8 Å². The summed E-state index contributed by atoms with van der Waals surface area (Å²) in [7, 11) is 0. The smallest absolute Gasteiger partial charge is 0.206 e. The molecule has 3 aromatic rings. The standard InChI is InChI=1S/C22H16N4O/c27-21-15-10-16-6-4-5-9-20(16)22(21)26-25-19-13-11-18(12-14-19)24-23-17-7-2-1-3-8-17/h1-15,25H/b24-23+,26-22+. The molecule has 0 unspecified atom stereocenters. The van der Waals surface area contributed by atoms with Gasteiger partial charge in [0.1, 0.15) is 5.71 Å². The van der Waals surface area contributed by atoms with Crippen LogP contribution in [0.4, 0.5) is 17.1 Å². The quantitative estimate of drug-likeness (QED) is 0.497. The van der Waals surface area contributed by atoms with Crippen molar-refractivity contribution in [3.05, 3.63) is 96.1 Å². The predicted molar refractivity (Wildman–Crippen MR) is 108 cm³/mol. The third kappa shape index (κ3) is 3.88. The second-order valence-corrected chi connectivity index (χ2v) is 5.94. The van der Waals surface area contributed by atoms with Gasteiger partial charge in [0.15, 0.2) is 0 Å². The van der Waals surface area contributed by atoms with E-state index in [0.29, 0.717) is 5.71 Å². The third-order valence-electron chi connectivity index (χ3n) is 4.06. The molecule has 5 heteroatoms. The van der Waals surface area contributed by atoms with Crippen LogP contribution in [0, 0.1) is 0 Å². The number of hydrogen-bond acceptors (Lipinski definition) is 5. The summed E-state index contributed by atoms with van der Waals surface area (Å²) >= 11 is 0. The molecule has 0 atom stereocenters. The van der Waals surface area contributed by atoms with Crippen LogP contribution in [0.5, 0.6) is 0 Å². The Morgan fingerprint density at radius 2 is 1.33 bits per heavy atom. The molecule has 1 N–H and O–H groups in total. The highest BCUT2D eigenvalue weighted by molar-refractivity contribution is 6.52. The van der Waals surface area contributed by atoms with Crippen molar-refractivity contribution in [3.63, 3.8) is 0 Å². The lowest BCUT2D eigenvalue weighted by Crippen LogP contribution is -2.19. The van der Waals surface area contributed by atoms with Crippen LogP contribution in [-0.4, -0.2) is 11.5 Å². The molecule has 0 radical (unpaired) electrons. The van der Waals surface area contributed by atoms with Gasteiger partial charge in [0, 0.05) is 5.56 Å². The molecule has 0 fully saturated rings. The van der Waals surface area contributed by atoms with E-state index < -0.39 is 0 Å². The number of carbonyl (C=O) groups is 1. The van der Waals surface area contributed by atoms with Crippen LogP contribution in [0.2, 0.25) is 0 Å². The number of carbonyl (C=O) groups excluding carboxylic acids is 1. The van der Waals surface area contributed by atoms with E-state index in [1.807, 2.05) is 84.9 Å². The fourth-order valence-electron chi connectivity index (χ4n) is 2.68. The predicted octanol–water partition coefficient (Wildman–Crippen LogP) is 5.51. The minimum Gasteiger partial charge on any atom is -0.287 e. The highest BCUT2D eigenvalue weighted by atomic mass is 16.1. The summed E-state index contributed by atoms with van der Waals surface area (Å²) in [5.74, 6) is -0.116. The summed E-state index contributed by atoms with van der Waals surface area (Å²) in [4.78, 5) is 12.2. The van der Waals surface area contributed by atoms with Crippen LogP contribution >= 0.6 is 0 Å². The van der Waals surface area contributed by atoms with Crippen LogP contribution in [0.15, 0.2) is 100 Å². The largest absolute Gasteiger partial charge is 0.287 e. The second-order valence-electron chi connectivity index (χ2n) is 5.94. The van der Waals surface area contributed by atoms with Gasteiger partial charge in [0.25, 0.3) is 0 Å². The summed E-state index contributed by atoms with van der Waals surface area (Å²) in [6, 6.07) is 24.6. The van der Waals surface area contributed by atoms with E-state index in [1.165, 1.54) is 6.08 Å². The number of rotatable bonds is 4. The van der Waals surface area contributed by atoms with Crippen LogP contribution < -0.4 is 5.43 Å². The van der Waals surface area contributed by atoms with Crippen molar-refractivity contribution in [2.45, 2.75) is 0 Å². The number of nitrogens with zero attached hydrogens (tertiary/aromatic N) is 3. The Hall–Kier alpha value is -3.86. The van der Waals surface area contributed by atoms with Crippen molar-refractivity contribution in [2.24, 2.45) is 15.3 Å². The van der Waals surface area contributed by atoms with Crippen molar-refractivity contribution in [1.29, 1.82) is 0 Å². The van der Waals surface area contributed by atoms with E-state index >= 15 is 0 Å². The first-order valence-electron chi connectivity index (χ1n) is 8.52. The van der Waals surface area contributed by atoms with E-state index in [9.17, 15) is 4.79 Å². The highest BCUT2D eigenvalue weighted by Crippen LogP contribution is 2.21. The Morgan fingerprint density at radius 3 is 2.11 bits per heavy atom. The normalized spacial score (nSPS) is 14.5. The molecule has 0 heterocycles. The third-order valence-corrected chi connectivity index (χ3v) is 4.06. The summed E-state index contributed by atoms with van der Waals surface area (Å²) in [5.41, 5.74) is 7.46. The molecule has 0 saturated heterocycles. The van der Waals surface area contributed by atoms with Gasteiger partial charge in [-0.05, 0) is 48.0 Å². The lowest BCUT2D eigenvalue weighted by atomic mass is 9.95. The van der Waals surface area contributed by atoms with Crippen molar-refractivity contribution in [1.82, 2.24) is 0 Å². The fraction of sp³-hybridized carbons (Fsp3) is 0.